The summed E-state index contributed by atoms with van der Waals surface area (Å²) in [6.07, 6.45) is -2.72. The lowest BCUT2D eigenvalue weighted by Gasteiger charge is -2.07. The number of halogens is 4. The Hall–Kier alpha value is -2.42. The summed E-state index contributed by atoms with van der Waals surface area (Å²) in [7, 11) is 0. The van der Waals surface area contributed by atoms with E-state index in [-0.39, 0.29) is 12.2 Å². The average molecular weight is 383 g/mol. The minimum absolute atomic E-state index is 0.115. The summed E-state index contributed by atoms with van der Waals surface area (Å²) >= 11 is 1.23. The first-order valence-corrected chi connectivity index (χ1v) is 8.67. The van der Waals surface area contributed by atoms with E-state index in [0.29, 0.717) is 28.5 Å². The van der Waals surface area contributed by atoms with Gasteiger partial charge in [-0.3, -0.25) is 9.20 Å². The molecule has 0 bridgehead atoms. The topological polar surface area (TPSA) is 47.3 Å². The van der Waals surface area contributed by atoms with Crippen molar-refractivity contribution >= 4 is 23.2 Å². The number of nitrogens with zero attached hydrogens (tertiary/aromatic N) is 3. The Labute approximate surface area is 150 Å². The van der Waals surface area contributed by atoms with Gasteiger partial charge in [-0.15, -0.1) is 10.2 Å². The fourth-order valence-electron chi connectivity index (χ4n) is 2.31. The van der Waals surface area contributed by atoms with Crippen molar-refractivity contribution in [1.29, 1.82) is 0 Å². The highest BCUT2D eigenvalue weighted by molar-refractivity contribution is 7.99. The first-order valence-electron chi connectivity index (χ1n) is 7.68. The van der Waals surface area contributed by atoms with Crippen molar-refractivity contribution in [2.75, 3.05) is 5.75 Å². The maximum atomic E-state index is 12.8. The van der Waals surface area contributed by atoms with Gasteiger partial charge in [-0.05, 0) is 42.8 Å². The van der Waals surface area contributed by atoms with Crippen LogP contribution in [0.25, 0.3) is 5.65 Å². The quantitative estimate of drug-likeness (QED) is 0.269. The summed E-state index contributed by atoms with van der Waals surface area (Å²) in [6.45, 7) is 0. The van der Waals surface area contributed by atoms with Crippen molar-refractivity contribution in [3.63, 3.8) is 0 Å². The monoisotopic (exact) mass is 383 g/mol. The van der Waals surface area contributed by atoms with Crippen LogP contribution in [0.3, 0.4) is 0 Å². The van der Waals surface area contributed by atoms with E-state index in [9.17, 15) is 22.4 Å². The summed E-state index contributed by atoms with van der Waals surface area (Å²) in [6, 6.07) is 7.52. The van der Waals surface area contributed by atoms with Crippen LogP contribution in [-0.2, 0) is 6.18 Å². The summed E-state index contributed by atoms with van der Waals surface area (Å²) in [5.74, 6) is -0.0330. The molecule has 0 amide bonds. The zero-order valence-electron chi connectivity index (χ0n) is 13.3. The van der Waals surface area contributed by atoms with Gasteiger partial charge in [0.15, 0.2) is 16.6 Å². The van der Waals surface area contributed by atoms with E-state index in [1.54, 1.807) is 0 Å². The number of carbonyl (C=O) groups excluding carboxylic acids is 1. The molecule has 3 rings (SSSR count). The molecule has 0 fully saturated rings. The van der Waals surface area contributed by atoms with Crippen molar-refractivity contribution in [2.24, 2.45) is 0 Å². The third-order valence-electron chi connectivity index (χ3n) is 3.64. The molecule has 3 aromatic rings. The van der Waals surface area contributed by atoms with Crippen LogP contribution in [0.5, 0.6) is 0 Å². The number of hydrogen-bond acceptors (Lipinski definition) is 4. The number of Topliss-reactive ketones (excluding diaryl/α,β-unsaturated/α-hetero) is 1. The van der Waals surface area contributed by atoms with Crippen molar-refractivity contribution in [2.45, 2.75) is 24.2 Å². The molecule has 0 spiro atoms. The van der Waals surface area contributed by atoms with E-state index in [1.165, 1.54) is 46.5 Å². The van der Waals surface area contributed by atoms with Crippen molar-refractivity contribution in [3.8, 4) is 0 Å². The Morgan fingerprint density at radius 1 is 1.08 bits per heavy atom. The predicted octanol–water partition coefficient (Wildman–Crippen LogP) is 4.64. The van der Waals surface area contributed by atoms with Crippen LogP contribution in [-0.4, -0.2) is 26.1 Å². The number of benzene rings is 1. The molecular formula is C17H13F4N3OS. The number of carbonyl (C=O) groups is 1. The molecule has 2 aromatic heterocycles. The summed E-state index contributed by atoms with van der Waals surface area (Å²) < 4.78 is 52.6. The Bertz CT molecular complexity index is 922. The molecule has 0 atom stereocenters. The number of fused-ring (bicyclic) bond motifs is 1. The van der Waals surface area contributed by atoms with Crippen molar-refractivity contribution in [3.05, 3.63) is 59.5 Å². The van der Waals surface area contributed by atoms with Crippen LogP contribution >= 0.6 is 11.8 Å². The molecule has 0 N–H and O–H groups in total. The third-order valence-corrected chi connectivity index (χ3v) is 4.67. The molecule has 4 nitrogen and oxygen atoms in total. The van der Waals surface area contributed by atoms with Crippen LogP contribution in [0.4, 0.5) is 17.6 Å². The van der Waals surface area contributed by atoms with E-state index in [2.05, 4.69) is 10.2 Å². The molecule has 0 aliphatic carbocycles. The molecule has 9 heteroatoms. The maximum absolute atomic E-state index is 12.8. The van der Waals surface area contributed by atoms with Crippen LogP contribution in [0, 0.1) is 5.82 Å². The largest absolute Gasteiger partial charge is 0.417 e. The molecule has 0 aliphatic heterocycles. The third kappa shape index (κ3) is 4.21. The zero-order chi connectivity index (χ0) is 18.7. The Morgan fingerprint density at radius 2 is 1.81 bits per heavy atom. The Balaban J connectivity index is 1.59. The van der Waals surface area contributed by atoms with E-state index < -0.39 is 17.6 Å². The summed E-state index contributed by atoms with van der Waals surface area (Å²) in [5.41, 5.74) is -0.0276. The smallest absolute Gasteiger partial charge is 0.294 e. The fraction of sp³-hybridized carbons (Fsp3) is 0.235. The molecule has 136 valence electrons. The van der Waals surface area contributed by atoms with Gasteiger partial charge in [0.25, 0.3) is 0 Å². The molecule has 0 saturated heterocycles. The van der Waals surface area contributed by atoms with Crippen LogP contribution in [0.2, 0.25) is 0 Å². The Kier molecular flexibility index (Phi) is 5.26. The number of alkyl halides is 3. The lowest BCUT2D eigenvalue weighted by molar-refractivity contribution is -0.137. The molecule has 2 heterocycles. The average Bonchev–Trinajstić information content (AvgIpc) is 3.01. The minimum Gasteiger partial charge on any atom is -0.294 e. The molecule has 0 aliphatic rings. The Morgan fingerprint density at radius 3 is 2.50 bits per heavy atom. The minimum atomic E-state index is -4.44. The van der Waals surface area contributed by atoms with E-state index in [1.807, 2.05) is 0 Å². The summed E-state index contributed by atoms with van der Waals surface area (Å²) in [4.78, 5) is 12.0. The zero-order valence-corrected chi connectivity index (χ0v) is 14.1. The fourth-order valence-corrected chi connectivity index (χ4v) is 3.17. The second-order valence-electron chi connectivity index (χ2n) is 5.51. The summed E-state index contributed by atoms with van der Waals surface area (Å²) in [5, 5.41) is 8.05. The number of hydrogen-bond donors (Lipinski definition) is 0. The van der Waals surface area contributed by atoms with E-state index >= 15 is 0 Å². The second-order valence-corrected chi connectivity index (χ2v) is 6.57. The molecule has 26 heavy (non-hydrogen) atoms. The number of pyridine rings is 1. The van der Waals surface area contributed by atoms with Gasteiger partial charge in [-0.2, -0.15) is 13.2 Å². The highest BCUT2D eigenvalue weighted by atomic mass is 32.2. The first-order chi connectivity index (χ1) is 12.3. The predicted molar refractivity (Wildman–Crippen MR) is 88.7 cm³/mol. The molecule has 1 aromatic carbocycles. The van der Waals surface area contributed by atoms with Crippen LogP contribution < -0.4 is 0 Å². The lowest BCUT2D eigenvalue weighted by Crippen LogP contribution is -2.06. The first kappa shape index (κ1) is 18.4. The highest BCUT2D eigenvalue weighted by Crippen LogP contribution is 2.30. The van der Waals surface area contributed by atoms with Gasteiger partial charge in [0.05, 0.1) is 5.56 Å². The van der Waals surface area contributed by atoms with Crippen molar-refractivity contribution < 1.29 is 22.4 Å². The SMILES string of the molecule is O=C(CCCSc1nnc2ccc(C(F)(F)F)cn12)c1ccc(F)cc1. The van der Waals surface area contributed by atoms with Crippen LogP contribution in [0.1, 0.15) is 28.8 Å². The maximum Gasteiger partial charge on any atom is 0.417 e. The van der Waals surface area contributed by atoms with Gasteiger partial charge < -0.3 is 0 Å². The van der Waals surface area contributed by atoms with Gasteiger partial charge in [0, 0.05) is 23.9 Å². The number of ketones is 1. The van der Waals surface area contributed by atoms with Gasteiger partial charge in [0.1, 0.15) is 5.82 Å². The normalized spacial score (nSPS) is 11.8. The molecule has 0 unspecified atom stereocenters. The van der Waals surface area contributed by atoms with Gasteiger partial charge in [0.2, 0.25) is 0 Å². The molecule has 0 saturated carbocycles. The molecule has 0 radical (unpaired) electrons. The van der Waals surface area contributed by atoms with E-state index in [4.69, 9.17) is 0 Å². The molecular weight excluding hydrogens is 370 g/mol. The second kappa shape index (κ2) is 7.45. The number of aromatic nitrogens is 3. The van der Waals surface area contributed by atoms with Gasteiger partial charge >= 0.3 is 6.18 Å². The lowest BCUT2D eigenvalue weighted by atomic mass is 10.1. The van der Waals surface area contributed by atoms with Gasteiger partial charge in [-0.25, -0.2) is 4.39 Å². The van der Waals surface area contributed by atoms with Gasteiger partial charge in [-0.1, -0.05) is 11.8 Å². The van der Waals surface area contributed by atoms with E-state index in [0.717, 1.165) is 12.3 Å². The highest BCUT2D eigenvalue weighted by Gasteiger charge is 2.31. The standard InChI is InChI=1S/C17H13F4N3OS/c18-13-6-3-11(4-7-13)14(25)2-1-9-26-16-23-22-15-8-5-12(10-24(15)16)17(19,20)21/h3-8,10H,1-2,9H2. The van der Waals surface area contributed by atoms with Crippen LogP contribution in [0.15, 0.2) is 47.8 Å². The number of thioether (sulfide) groups is 1. The number of rotatable bonds is 6. The van der Waals surface area contributed by atoms with Crippen molar-refractivity contribution in [1.82, 2.24) is 14.6 Å².